The Morgan fingerprint density at radius 1 is 1.29 bits per heavy atom. The van der Waals surface area contributed by atoms with Crippen molar-refractivity contribution in [2.24, 2.45) is 0 Å². The molecule has 3 rings (SSSR count). The van der Waals surface area contributed by atoms with Crippen molar-refractivity contribution in [2.75, 3.05) is 24.8 Å². The summed E-state index contributed by atoms with van der Waals surface area (Å²) >= 11 is 5.15. The van der Waals surface area contributed by atoms with Gasteiger partial charge in [0.05, 0.1) is 5.69 Å². The van der Waals surface area contributed by atoms with Crippen LogP contribution in [0.4, 0.5) is 5.69 Å². The number of benzene rings is 1. The standard InChI is InChI=1S/C15H15BrN2O2S/c1-21-14-8-13-12(19-5-6-20-13)7-10(14)9-18-11-3-2-4-17-15(11)16/h2-4,7-8,18H,5-6,9H2,1H3. The second kappa shape index (κ2) is 6.58. The quantitative estimate of drug-likeness (QED) is 0.655. The summed E-state index contributed by atoms with van der Waals surface area (Å²) in [6.07, 6.45) is 3.82. The summed E-state index contributed by atoms with van der Waals surface area (Å²) in [5.41, 5.74) is 2.15. The van der Waals surface area contributed by atoms with Gasteiger partial charge in [0.25, 0.3) is 0 Å². The van der Waals surface area contributed by atoms with E-state index in [-0.39, 0.29) is 0 Å². The van der Waals surface area contributed by atoms with Crippen LogP contribution in [0.25, 0.3) is 0 Å². The number of aromatic nitrogens is 1. The Balaban J connectivity index is 1.83. The third kappa shape index (κ3) is 3.27. The van der Waals surface area contributed by atoms with E-state index in [2.05, 4.69) is 44.6 Å². The van der Waals surface area contributed by atoms with Crippen molar-refractivity contribution in [2.45, 2.75) is 11.4 Å². The number of hydrogen-bond donors (Lipinski definition) is 1. The van der Waals surface area contributed by atoms with Crippen molar-refractivity contribution in [3.63, 3.8) is 0 Å². The van der Waals surface area contributed by atoms with E-state index in [0.717, 1.165) is 21.8 Å². The van der Waals surface area contributed by atoms with E-state index in [1.54, 1.807) is 18.0 Å². The van der Waals surface area contributed by atoms with E-state index in [1.807, 2.05) is 12.1 Å². The number of hydrogen-bond acceptors (Lipinski definition) is 5. The molecule has 2 aromatic rings. The maximum absolute atomic E-state index is 5.66. The van der Waals surface area contributed by atoms with E-state index < -0.39 is 0 Å². The van der Waals surface area contributed by atoms with E-state index in [9.17, 15) is 0 Å². The molecule has 1 aliphatic heterocycles. The molecule has 0 atom stereocenters. The molecular weight excluding hydrogens is 352 g/mol. The number of anilines is 1. The molecule has 21 heavy (non-hydrogen) atoms. The number of thioether (sulfide) groups is 1. The van der Waals surface area contributed by atoms with Crippen molar-refractivity contribution >= 4 is 33.4 Å². The van der Waals surface area contributed by atoms with Crippen LogP contribution in [-0.4, -0.2) is 24.5 Å². The summed E-state index contributed by atoms with van der Waals surface area (Å²) in [4.78, 5) is 5.40. The van der Waals surface area contributed by atoms with Gasteiger partial charge in [-0.2, -0.15) is 0 Å². The SMILES string of the molecule is CSc1cc2c(cc1CNc1cccnc1Br)OCCO2. The number of nitrogens with zero attached hydrogens (tertiary/aromatic N) is 1. The number of fused-ring (bicyclic) bond motifs is 1. The Hall–Kier alpha value is -1.40. The third-order valence-electron chi connectivity index (χ3n) is 3.17. The molecule has 1 N–H and O–H groups in total. The maximum Gasteiger partial charge on any atom is 0.162 e. The first-order valence-electron chi connectivity index (χ1n) is 6.59. The van der Waals surface area contributed by atoms with E-state index in [1.165, 1.54) is 10.5 Å². The van der Waals surface area contributed by atoms with Gasteiger partial charge in [-0.05, 0) is 52.0 Å². The van der Waals surface area contributed by atoms with Crippen molar-refractivity contribution in [1.82, 2.24) is 4.98 Å². The van der Waals surface area contributed by atoms with Gasteiger partial charge >= 0.3 is 0 Å². The second-order valence-corrected chi connectivity index (χ2v) is 6.10. The summed E-state index contributed by atoms with van der Waals surface area (Å²) in [6.45, 7) is 1.92. The minimum atomic E-state index is 0.604. The highest BCUT2D eigenvalue weighted by molar-refractivity contribution is 9.10. The average molecular weight is 367 g/mol. The molecule has 110 valence electrons. The van der Waals surface area contributed by atoms with Gasteiger partial charge in [-0.1, -0.05) is 0 Å². The Labute approximate surface area is 136 Å². The van der Waals surface area contributed by atoms with Gasteiger partial charge in [-0.25, -0.2) is 4.98 Å². The third-order valence-corrected chi connectivity index (χ3v) is 4.63. The fraction of sp³-hybridized carbons (Fsp3) is 0.267. The molecule has 1 aromatic heterocycles. The molecule has 0 bridgehead atoms. The molecule has 0 amide bonds. The Bertz CT molecular complexity index is 652. The summed E-state index contributed by atoms with van der Waals surface area (Å²) < 4.78 is 12.1. The van der Waals surface area contributed by atoms with Crippen LogP contribution in [0, 0.1) is 0 Å². The number of ether oxygens (including phenoxy) is 2. The lowest BCUT2D eigenvalue weighted by molar-refractivity contribution is 0.171. The van der Waals surface area contributed by atoms with Crippen molar-refractivity contribution < 1.29 is 9.47 Å². The highest BCUT2D eigenvalue weighted by Crippen LogP contribution is 2.37. The largest absolute Gasteiger partial charge is 0.486 e. The summed E-state index contributed by atoms with van der Waals surface area (Å²) in [5, 5.41) is 3.39. The van der Waals surface area contributed by atoms with Crippen LogP contribution < -0.4 is 14.8 Å². The number of nitrogens with one attached hydrogen (secondary N) is 1. The molecule has 0 saturated heterocycles. The topological polar surface area (TPSA) is 43.4 Å². The highest BCUT2D eigenvalue weighted by Gasteiger charge is 2.15. The number of rotatable bonds is 4. The minimum Gasteiger partial charge on any atom is -0.486 e. The first-order chi connectivity index (χ1) is 10.3. The van der Waals surface area contributed by atoms with E-state index in [0.29, 0.717) is 19.8 Å². The molecule has 0 spiro atoms. The predicted molar refractivity (Wildman–Crippen MR) is 88.5 cm³/mol. The van der Waals surface area contributed by atoms with Gasteiger partial charge < -0.3 is 14.8 Å². The summed E-state index contributed by atoms with van der Waals surface area (Å²) in [5.74, 6) is 1.65. The molecule has 0 unspecified atom stereocenters. The van der Waals surface area contributed by atoms with Crippen molar-refractivity contribution in [3.05, 3.63) is 40.6 Å². The lowest BCUT2D eigenvalue weighted by Gasteiger charge is -2.21. The molecule has 0 radical (unpaired) electrons. The van der Waals surface area contributed by atoms with Gasteiger partial charge in [0.1, 0.15) is 17.8 Å². The second-order valence-electron chi connectivity index (χ2n) is 4.50. The van der Waals surface area contributed by atoms with Gasteiger partial charge in [0.15, 0.2) is 11.5 Å². The normalized spacial score (nSPS) is 13.0. The van der Waals surface area contributed by atoms with Crippen LogP contribution in [0.3, 0.4) is 0 Å². The van der Waals surface area contributed by atoms with Crippen molar-refractivity contribution in [1.29, 1.82) is 0 Å². The molecule has 2 heterocycles. The summed E-state index contributed by atoms with van der Waals surface area (Å²) in [7, 11) is 0. The van der Waals surface area contributed by atoms with Crippen LogP contribution in [0.15, 0.2) is 40.0 Å². The van der Waals surface area contributed by atoms with Crippen LogP contribution >= 0.6 is 27.7 Å². The molecule has 6 heteroatoms. The molecule has 1 aliphatic rings. The number of pyridine rings is 1. The Kier molecular flexibility index (Phi) is 4.55. The number of halogens is 1. The Morgan fingerprint density at radius 2 is 2.05 bits per heavy atom. The Morgan fingerprint density at radius 3 is 2.76 bits per heavy atom. The molecule has 0 saturated carbocycles. The molecular formula is C15H15BrN2O2S. The average Bonchev–Trinajstić information content (AvgIpc) is 2.53. The zero-order valence-electron chi connectivity index (χ0n) is 11.6. The first kappa shape index (κ1) is 14.5. The maximum atomic E-state index is 5.66. The minimum absolute atomic E-state index is 0.604. The van der Waals surface area contributed by atoms with Crippen LogP contribution in [0.1, 0.15) is 5.56 Å². The van der Waals surface area contributed by atoms with Crippen LogP contribution in [0.2, 0.25) is 0 Å². The molecule has 0 aliphatic carbocycles. The summed E-state index contributed by atoms with van der Waals surface area (Å²) in [6, 6.07) is 8.01. The fourth-order valence-electron chi connectivity index (χ4n) is 2.15. The van der Waals surface area contributed by atoms with Gasteiger partial charge in [-0.3, -0.25) is 0 Å². The lowest BCUT2D eigenvalue weighted by atomic mass is 10.2. The monoisotopic (exact) mass is 366 g/mol. The molecule has 1 aromatic carbocycles. The molecule has 4 nitrogen and oxygen atoms in total. The van der Waals surface area contributed by atoms with E-state index >= 15 is 0 Å². The van der Waals surface area contributed by atoms with E-state index in [4.69, 9.17) is 9.47 Å². The van der Waals surface area contributed by atoms with Crippen molar-refractivity contribution in [3.8, 4) is 11.5 Å². The van der Waals surface area contributed by atoms with Gasteiger partial charge in [-0.15, -0.1) is 11.8 Å². The predicted octanol–water partition coefficient (Wildman–Crippen LogP) is 3.95. The zero-order valence-corrected chi connectivity index (χ0v) is 14.0. The highest BCUT2D eigenvalue weighted by atomic mass is 79.9. The first-order valence-corrected chi connectivity index (χ1v) is 8.60. The van der Waals surface area contributed by atoms with Crippen LogP contribution in [-0.2, 0) is 6.54 Å². The lowest BCUT2D eigenvalue weighted by Crippen LogP contribution is -2.16. The zero-order chi connectivity index (χ0) is 14.7. The van der Waals surface area contributed by atoms with Gasteiger partial charge in [0, 0.05) is 17.6 Å². The molecule has 0 fully saturated rings. The van der Waals surface area contributed by atoms with Crippen LogP contribution in [0.5, 0.6) is 11.5 Å². The smallest absolute Gasteiger partial charge is 0.162 e. The fourth-order valence-corrected chi connectivity index (χ4v) is 3.16. The van der Waals surface area contributed by atoms with Gasteiger partial charge in [0.2, 0.25) is 0 Å².